The van der Waals surface area contributed by atoms with Gasteiger partial charge in [-0.1, -0.05) is 35.9 Å². The molecule has 18 heavy (non-hydrogen) atoms. The summed E-state index contributed by atoms with van der Waals surface area (Å²) in [5.74, 6) is -0.223. The zero-order valence-electron chi connectivity index (χ0n) is 9.82. The second kappa shape index (κ2) is 5.63. The van der Waals surface area contributed by atoms with Crippen LogP contribution >= 0.6 is 11.6 Å². The molecule has 0 aliphatic heterocycles. The van der Waals surface area contributed by atoms with Crippen molar-refractivity contribution in [3.8, 4) is 0 Å². The van der Waals surface area contributed by atoms with Gasteiger partial charge >= 0.3 is 0 Å². The highest BCUT2D eigenvalue weighted by Crippen LogP contribution is 2.22. The molecule has 0 fully saturated rings. The first-order valence-electron chi connectivity index (χ1n) is 5.46. The molecule has 2 aromatic carbocycles. The lowest BCUT2D eigenvalue weighted by molar-refractivity contribution is 0.595. The molecule has 2 rings (SSSR count). The van der Waals surface area contributed by atoms with Gasteiger partial charge in [-0.2, -0.15) is 0 Å². The number of rotatable bonds is 3. The van der Waals surface area contributed by atoms with Gasteiger partial charge in [-0.15, -0.1) is 0 Å². The molecule has 1 atom stereocenters. The van der Waals surface area contributed by atoms with Gasteiger partial charge in [0.2, 0.25) is 0 Å². The molecular formula is C14H12ClFOS. The van der Waals surface area contributed by atoms with Gasteiger partial charge in [-0.25, -0.2) is 4.39 Å². The molecule has 0 bridgehead atoms. The van der Waals surface area contributed by atoms with Crippen LogP contribution in [-0.2, 0) is 16.6 Å². The Morgan fingerprint density at radius 2 is 1.94 bits per heavy atom. The van der Waals surface area contributed by atoms with Crippen LogP contribution in [0.3, 0.4) is 0 Å². The maximum Gasteiger partial charge on any atom is 0.139 e. The van der Waals surface area contributed by atoms with Crippen molar-refractivity contribution >= 4 is 22.4 Å². The Labute approximate surface area is 113 Å². The van der Waals surface area contributed by atoms with Crippen molar-refractivity contribution in [2.75, 3.05) is 0 Å². The summed E-state index contributed by atoms with van der Waals surface area (Å²) in [7, 11) is -1.42. The van der Waals surface area contributed by atoms with Crippen molar-refractivity contribution in [1.82, 2.24) is 0 Å². The van der Waals surface area contributed by atoms with Crippen LogP contribution < -0.4 is 0 Å². The Bertz CT molecular complexity index is 598. The van der Waals surface area contributed by atoms with Crippen LogP contribution in [0.5, 0.6) is 0 Å². The molecule has 0 N–H and O–H groups in total. The Balaban J connectivity index is 2.24. The van der Waals surface area contributed by atoms with Crippen molar-refractivity contribution in [3.63, 3.8) is 0 Å². The molecule has 0 aliphatic carbocycles. The summed E-state index contributed by atoms with van der Waals surface area (Å²) in [5.41, 5.74) is 1.81. The molecular weight excluding hydrogens is 271 g/mol. The molecule has 2 aromatic rings. The van der Waals surface area contributed by atoms with Crippen LogP contribution in [0.25, 0.3) is 0 Å². The van der Waals surface area contributed by atoms with Gasteiger partial charge in [0, 0.05) is 5.02 Å². The fourth-order valence-corrected chi connectivity index (χ4v) is 3.20. The van der Waals surface area contributed by atoms with Gasteiger partial charge in [0.15, 0.2) is 0 Å². The molecule has 1 nitrogen and oxygen atoms in total. The lowest BCUT2D eigenvalue weighted by atomic mass is 10.2. The van der Waals surface area contributed by atoms with Crippen molar-refractivity contribution in [3.05, 3.63) is 64.4 Å². The summed E-state index contributed by atoms with van der Waals surface area (Å²) in [5, 5.41) is 0.569. The smallest absolute Gasteiger partial charge is 0.139 e. The van der Waals surface area contributed by atoms with Crippen LogP contribution in [0.2, 0.25) is 5.02 Å². The van der Waals surface area contributed by atoms with Gasteiger partial charge in [0.1, 0.15) is 5.82 Å². The Hall–Kier alpha value is -1.19. The quantitative estimate of drug-likeness (QED) is 0.828. The summed E-state index contributed by atoms with van der Waals surface area (Å²) < 4.78 is 25.6. The normalized spacial score (nSPS) is 12.4. The zero-order chi connectivity index (χ0) is 13.1. The minimum atomic E-state index is -1.42. The highest BCUT2D eigenvalue weighted by atomic mass is 35.5. The molecule has 4 heteroatoms. The number of hydrogen-bond acceptors (Lipinski definition) is 1. The second-order valence-corrected chi connectivity index (χ2v) is 5.84. The van der Waals surface area contributed by atoms with Crippen LogP contribution in [0, 0.1) is 12.7 Å². The average Bonchev–Trinajstić information content (AvgIpc) is 2.33. The van der Waals surface area contributed by atoms with Crippen LogP contribution in [0.15, 0.2) is 47.4 Å². The molecule has 94 valence electrons. The first-order chi connectivity index (χ1) is 8.58. The van der Waals surface area contributed by atoms with Crippen molar-refractivity contribution < 1.29 is 8.60 Å². The fraction of sp³-hybridized carbons (Fsp3) is 0.143. The number of hydrogen-bond donors (Lipinski definition) is 0. The molecule has 0 saturated carbocycles. The van der Waals surface area contributed by atoms with E-state index in [1.165, 1.54) is 12.1 Å². The predicted octanol–water partition coefficient (Wildman–Crippen LogP) is 4.10. The van der Waals surface area contributed by atoms with E-state index in [2.05, 4.69) is 0 Å². The molecule has 0 heterocycles. The lowest BCUT2D eigenvalue weighted by Gasteiger charge is -2.06. The number of halogens is 2. The standard InChI is InChI=1S/C14H12ClFOS/c1-10-6-7-11(12(15)8-10)9-18(17)14-5-3-2-4-13(14)16/h2-8H,9H2,1H3. The van der Waals surface area contributed by atoms with Gasteiger partial charge in [-0.3, -0.25) is 4.21 Å². The third kappa shape index (κ3) is 2.98. The fourth-order valence-electron chi connectivity index (χ4n) is 1.62. The highest BCUT2D eigenvalue weighted by Gasteiger charge is 2.11. The average molecular weight is 283 g/mol. The minimum Gasteiger partial charge on any atom is -0.254 e. The highest BCUT2D eigenvalue weighted by molar-refractivity contribution is 7.84. The Morgan fingerprint density at radius 3 is 2.61 bits per heavy atom. The maximum absolute atomic E-state index is 13.5. The van der Waals surface area contributed by atoms with Crippen LogP contribution in [0.4, 0.5) is 4.39 Å². The summed E-state index contributed by atoms with van der Waals surface area (Å²) in [4.78, 5) is 0.217. The Morgan fingerprint density at radius 1 is 1.22 bits per heavy atom. The lowest BCUT2D eigenvalue weighted by Crippen LogP contribution is -2.00. The summed E-state index contributed by atoms with van der Waals surface area (Å²) in [6, 6.07) is 11.6. The van der Waals surface area contributed by atoms with Gasteiger partial charge in [0.05, 0.1) is 21.4 Å². The molecule has 1 unspecified atom stereocenters. The van der Waals surface area contributed by atoms with E-state index in [4.69, 9.17) is 11.6 Å². The first kappa shape index (κ1) is 13.2. The first-order valence-corrected chi connectivity index (χ1v) is 7.15. The molecule has 0 amide bonds. The number of benzene rings is 2. The van der Waals surface area contributed by atoms with Crippen molar-refractivity contribution in [2.45, 2.75) is 17.6 Å². The number of aryl methyl sites for hydroxylation is 1. The topological polar surface area (TPSA) is 17.1 Å². The van der Waals surface area contributed by atoms with E-state index in [9.17, 15) is 8.60 Å². The SMILES string of the molecule is Cc1ccc(CS(=O)c2ccccc2F)c(Cl)c1. The van der Waals surface area contributed by atoms with Gasteiger partial charge < -0.3 is 0 Å². The molecule has 0 aromatic heterocycles. The van der Waals surface area contributed by atoms with E-state index in [1.807, 2.05) is 25.1 Å². The summed E-state index contributed by atoms with van der Waals surface area (Å²) in [6.45, 7) is 1.93. The molecule has 0 aliphatic rings. The minimum absolute atomic E-state index is 0.217. The van der Waals surface area contributed by atoms with E-state index in [0.29, 0.717) is 5.02 Å². The second-order valence-electron chi connectivity index (χ2n) is 4.02. The molecule has 0 spiro atoms. The molecule has 0 saturated heterocycles. The summed E-state index contributed by atoms with van der Waals surface area (Å²) in [6.07, 6.45) is 0. The summed E-state index contributed by atoms with van der Waals surface area (Å²) >= 11 is 6.07. The molecule has 0 radical (unpaired) electrons. The van der Waals surface area contributed by atoms with Crippen LogP contribution in [-0.4, -0.2) is 4.21 Å². The van der Waals surface area contributed by atoms with Crippen LogP contribution in [0.1, 0.15) is 11.1 Å². The maximum atomic E-state index is 13.5. The van der Waals surface area contributed by atoms with E-state index >= 15 is 0 Å². The monoisotopic (exact) mass is 282 g/mol. The Kier molecular flexibility index (Phi) is 4.15. The third-order valence-corrected chi connectivity index (χ3v) is 4.32. The zero-order valence-corrected chi connectivity index (χ0v) is 11.4. The van der Waals surface area contributed by atoms with E-state index < -0.39 is 16.6 Å². The van der Waals surface area contributed by atoms with E-state index in [1.54, 1.807) is 12.1 Å². The van der Waals surface area contributed by atoms with Gasteiger partial charge in [-0.05, 0) is 36.2 Å². The van der Waals surface area contributed by atoms with E-state index in [-0.39, 0.29) is 10.6 Å². The largest absolute Gasteiger partial charge is 0.254 e. The van der Waals surface area contributed by atoms with Crippen molar-refractivity contribution in [1.29, 1.82) is 0 Å². The van der Waals surface area contributed by atoms with E-state index in [0.717, 1.165) is 11.1 Å². The van der Waals surface area contributed by atoms with Crippen molar-refractivity contribution in [2.24, 2.45) is 0 Å². The predicted molar refractivity (Wildman–Crippen MR) is 72.7 cm³/mol. The van der Waals surface area contributed by atoms with Gasteiger partial charge in [0.25, 0.3) is 0 Å². The third-order valence-electron chi connectivity index (χ3n) is 2.58.